The van der Waals surface area contributed by atoms with E-state index in [0.717, 1.165) is 12.4 Å². The van der Waals surface area contributed by atoms with Gasteiger partial charge in [0.2, 0.25) is 0 Å². The molecule has 0 saturated heterocycles. The minimum absolute atomic E-state index is 0.854. The quantitative estimate of drug-likeness (QED) is 0.584. The maximum Gasteiger partial charge on any atom is 0.132 e. The molecule has 0 saturated carbocycles. The summed E-state index contributed by atoms with van der Waals surface area (Å²) in [4.78, 5) is 5.89. The van der Waals surface area contributed by atoms with Gasteiger partial charge in [-0.3, -0.25) is 0 Å². The molecule has 1 rings (SSSR count). The molecule has 0 aromatic heterocycles. The van der Waals surface area contributed by atoms with Crippen molar-refractivity contribution >= 4 is 6.72 Å². The van der Waals surface area contributed by atoms with Crippen LogP contribution in [0.25, 0.3) is 0 Å². The first-order chi connectivity index (χ1) is 5.25. The van der Waals surface area contributed by atoms with Crippen LogP contribution < -0.4 is 5.32 Å². The third kappa shape index (κ3) is 1.61. The molecule has 3 heteroatoms. The van der Waals surface area contributed by atoms with Gasteiger partial charge in [-0.1, -0.05) is 0 Å². The fraction of sp³-hybridized carbons (Fsp3) is 0.375. The molecule has 1 N–H and O–H groups in total. The molecule has 0 aliphatic carbocycles. The van der Waals surface area contributed by atoms with Gasteiger partial charge in [0, 0.05) is 26.2 Å². The highest BCUT2D eigenvalue weighted by Gasteiger charge is 2.06. The van der Waals surface area contributed by atoms with E-state index in [1.54, 1.807) is 0 Å². The van der Waals surface area contributed by atoms with Crippen LogP contribution in [0, 0.1) is 0 Å². The minimum Gasteiger partial charge on any atom is -0.387 e. The third-order valence-electron chi connectivity index (χ3n) is 1.56. The van der Waals surface area contributed by atoms with Crippen molar-refractivity contribution in [1.29, 1.82) is 0 Å². The molecular weight excluding hydrogens is 138 g/mol. The van der Waals surface area contributed by atoms with E-state index in [1.165, 1.54) is 5.57 Å². The highest BCUT2D eigenvalue weighted by atomic mass is 15.2. The molecule has 0 amide bonds. The minimum atomic E-state index is 0.854. The van der Waals surface area contributed by atoms with Crippen LogP contribution in [0.3, 0.4) is 0 Å². The average molecular weight is 151 g/mol. The van der Waals surface area contributed by atoms with E-state index in [9.17, 15) is 0 Å². The Labute approximate surface area is 67.1 Å². The number of aliphatic imine (C=N–C) groups is 1. The van der Waals surface area contributed by atoms with Gasteiger partial charge < -0.3 is 10.2 Å². The van der Waals surface area contributed by atoms with Crippen molar-refractivity contribution in [2.24, 2.45) is 4.99 Å². The van der Waals surface area contributed by atoms with Gasteiger partial charge in [0.1, 0.15) is 5.82 Å². The number of nitrogens with one attached hydrogen (secondary N) is 1. The Hall–Kier alpha value is -1.25. The predicted octanol–water partition coefficient (Wildman–Crippen LogP) is 0.577. The van der Waals surface area contributed by atoms with Crippen molar-refractivity contribution in [1.82, 2.24) is 10.2 Å². The first kappa shape index (κ1) is 7.85. The van der Waals surface area contributed by atoms with Crippen LogP contribution in [-0.2, 0) is 0 Å². The molecule has 1 aliphatic heterocycles. The van der Waals surface area contributed by atoms with Crippen molar-refractivity contribution in [3.63, 3.8) is 0 Å². The highest BCUT2D eigenvalue weighted by molar-refractivity contribution is 5.36. The molecule has 1 aliphatic rings. The van der Waals surface area contributed by atoms with Crippen LogP contribution in [-0.4, -0.2) is 32.3 Å². The van der Waals surface area contributed by atoms with E-state index in [2.05, 4.69) is 17.0 Å². The second-order valence-electron chi connectivity index (χ2n) is 2.62. The lowest BCUT2D eigenvalue weighted by Gasteiger charge is -2.14. The highest BCUT2D eigenvalue weighted by Crippen LogP contribution is 2.11. The van der Waals surface area contributed by atoms with Gasteiger partial charge in [-0.25, -0.2) is 4.99 Å². The lowest BCUT2D eigenvalue weighted by Crippen LogP contribution is -2.13. The molecule has 0 atom stereocenters. The SMILES string of the molecule is C=N/C(=C1/C=CNC1)N(C)C. The second-order valence-corrected chi connectivity index (χ2v) is 2.62. The molecule has 1 heterocycles. The Morgan fingerprint density at radius 3 is 2.82 bits per heavy atom. The molecule has 11 heavy (non-hydrogen) atoms. The van der Waals surface area contributed by atoms with E-state index in [4.69, 9.17) is 0 Å². The van der Waals surface area contributed by atoms with Crippen LogP contribution in [0.5, 0.6) is 0 Å². The van der Waals surface area contributed by atoms with Crippen molar-refractivity contribution in [2.45, 2.75) is 0 Å². The summed E-state index contributed by atoms with van der Waals surface area (Å²) >= 11 is 0. The lowest BCUT2D eigenvalue weighted by atomic mass is 10.3. The standard InChI is InChI=1S/C8H13N3/c1-9-8(11(2)3)7-4-5-10-6-7/h4-5,10H,1,6H2,2-3H3/b8-7+. The van der Waals surface area contributed by atoms with Gasteiger partial charge in [0.25, 0.3) is 0 Å². The average Bonchev–Trinajstić information content (AvgIpc) is 2.40. The van der Waals surface area contributed by atoms with Crippen molar-refractivity contribution < 1.29 is 0 Å². The molecule has 0 bridgehead atoms. The molecule has 0 unspecified atom stereocenters. The number of hydrogen-bond acceptors (Lipinski definition) is 3. The smallest absolute Gasteiger partial charge is 0.132 e. The maximum absolute atomic E-state index is 3.93. The predicted molar refractivity (Wildman–Crippen MR) is 47.4 cm³/mol. The monoisotopic (exact) mass is 151 g/mol. The fourth-order valence-corrected chi connectivity index (χ4v) is 1.07. The topological polar surface area (TPSA) is 27.6 Å². The molecule has 0 aromatic rings. The summed E-state index contributed by atoms with van der Waals surface area (Å²) in [5.74, 6) is 0.936. The fourth-order valence-electron chi connectivity index (χ4n) is 1.07. The molecule has 0 fully saturated rings. The van der Waals surface area contributed by atoms with Crippen molar-refractivity contribution in [3.8, 4) is 0 Å². The number of rotatable bonds is 2. The summed E-state index contributed by atoms with van der Waals surface area (Å²) in [5, 5.41) is 3.09. The van der Waals surface area contributed by atoms with Gasteiger partial charge in [-0.2, -0.15) is 0 Å². The van der Waals surface area contributed by atoms with Crippen LogP contribution in [0.2, 0.25) is 0 Å². The lowest BCUT2D eigenvalue weighted by molar-refractivity contribution is 0.501. The van der Waals surface area contributed by atoms with Crippen LogP contribution >= 0.6 is 0 Å². The summed E-state index contributed by atoms with van der Waals surface area (Å²) in [6.07, 6.45) is 3.94. The maximum atomic E-state index is 3.93. The first-order valence-corrected chi connectivity index (χ1v) is 3.53. The van der Waals surface area contributed by atoms with E-state index in [-0.39, 0.29) is 0 Å². The molecular formula is C8H13N3. The summed E-state index contributed by atoms with van der Waals surface area (Å²) in [6, 6.07) is 0. The third-order valence-corrected chi connectivity index (χ3v) is 1.56. The van der Waals surface area contributed by atoms with Gasteiger partial charge in [0.15, 0.2) is 0 Å². The van der Waals surface area contributed by atoms with Gasteiger partial charge in [-0.05, 0) is 19.0 Å². The first-order valence-electron chi connectivity index (χ1n) is 3.53. The Kier molecular flexibility index (Phi) is 2.31. The summed E-state index contributed by atoms with van der Waals surface area (Å²) in [5.41, 5.74) is 1.19. The summed E-state index contributed by atoms with van der Waals surface area (Å²) in [6.45, 7) is 4.37. The Morgan fingerprint density at radius 2 is 2.45 bits per heavy atom. The molecule has 60 valence electrons. The zero-order valence-electron chi connectivity index (χ0n) is 6.96. The zero-order chi connectivity index (χ0) is 8.27. The largest absolute Gasteiger partial charge is 0.387 e. The Bertz CT molecular complexity index is 213. The van der Waals surface area contributed by atoms with Crippen LogP contribution in [0.1, 0.15) is 0 Å². The molecule has 0 aromatic carbocycles. The molecule has 0 spiro atoms. The molecule has 0 radical (unpaired) electrons. The summed E-state index contributed by atoms with van der Waals surface area (Å²) in [7, 11) is 3.92. The normalized spacial score (nSPS) is 19.5. The van der Waals surface area contributed by atoms with E-state index >= 15 is 0 Å². The van der Waals surface area contributed by atoms with Gasteiger partial charge >= 0.3 is 0 Å². The zero-order valence-corrected chi connectivity index (χ0v) is 6.96. The second kappa shape index (κ2) is 3.23. The van der Waals surface area contributed by atoms with E-state index in [1.807, 2.05) is 31.3 Å². The van der Waals surface area contributed by atoms with Gasteiger partial charge in [0.05, 0.1) is 0 Å². The van der Waals surface area contributed by atoms with Crippen LogP contribution in [0.15, 0.2) is 28.7 Å². The van der Waals surface area contributed by atoms with E-state index < -0.39 is 0 Å². The number of hydrogen-bond donors (Lipinski definition) is 1. The van der Waals surface area contributed by atoms with Crippen molar-refractivity contribution in [2.75, 3.05) is 20.6 Å². The number of nitrogens with zero attached hydrogens (tertiary/aromatic N) is 2. The Morgan fingerprint density at radius 1 is 1.73 bits per heavy atom. The van der Waals surface area contributed by atoms with E-state index in [0.29, 0.717) is 0 Å². The van der Waals surface area contributed by atoms with Crippen LogP contribution in [0.4, 0.5) is 0 Å². The van der Waals surface area contributed by atoms with Gasteiger partial charge in [-0.15, -0.1) is 0 Å². The summed E-state index contributed by atoms with van der Waals surface area (Å²) < 4.78 is 0. The van der Waals surface area contributed by atoms with Crippen molar-refractivity contribution in [3.05, 3.63) is 23.7 Å². The molecule has 3 nitrogen and oxygen atoms in total. The Balaban J connectivity index is 2.88.